The number of benzene rings is 2. The van der Waals surface area contributed by atoms with Crippen LogP contribution in [0.4, 0.5) is 0 Å². The number of hydrogen-bond donors (Lipinski definition) is 1. The van der Waals surface area contributed by atoms with Crippen molar-refractivity contribution in [3.05, 3.63) is 76.9 Å². The van der Waals surface area contributed by atoms with E-state index in [1.807, 2.05) is 60.0 Å². The molecule has 0 aliphatic carbocycles. The number of rotatable bonds is 6. The topological polar surface area (TPSA) is 64.1 Å². The summed E-state index contributed by atoms with van der Waals surface area (Å²) < 4.78 is 5.37. The van der Waals surface area contributed by atoms with Crippen molar-refractivity contribution in [3.63, 3.8) is 0 Å². The maximum atomic E-state index is 12.6. The van der Waals surface area contributed by atoms with Crippen LogP contribution in [0.2, 0.25) is 0 Å². The van der Waals surface area contributed by atoms with E-state index in [0.29, 0.717) is 18.7 Å². The Hall–Kier alpha value is -3.25. The van der Waals surface area contributed by atoms with Crippen LogP contribution in [-0.4, -0.2) is 29.5 Å². The predicted octanol–water partition coefficient (Wildman–Crippen LogP) is 4.34. The number of amides is 1. The molecule has 0 unspecified atom stereocenters. The number of thiazole rings is 1. The molecule has 4 aromatic rings. The first kappa shape index (κ1) is 18.1. The van der Waals surface area contributed by atoms with Gasteiger partial charge in [0, 0.05) is 40.9 Å². The Morgan fingerprint density at radius 3 is 2.75 bits per heavy atom. The number of pyridine rings is 1. The third-order valence-electron chi connectivity index (χ3n) is 4.45. The van der Waals surface area contributed by atoms with Crippen LogP contribution in [0.3, 0.4) is 0 Å². The van der Waals surface area contributed by atoms with Gasteiger partial charge in [0.05, 0.1) is 17.8 Å². The van der Waals surface area contributed by atoms with Gasteiger partial charge in [-0.15, -0.1) is 11.3 Å². The molecule has 0 saturated carbocycles. The molecule has 4 rings (SSSR count). The SMILES string of the molecule is COc1cccc2c(C(=O)NCCc3nc(-c4ccccc4)cs3)nccc12. The summed E-state index contributed by atoms with van der Waals surface area (Å²) in [7, 11) is 1.62. The number of nitrogens with zero attached hydrogens (tertiary/aromatic N) is 2. The first-order valence-corrected chi connectivity index (χ1v) is 9.84. The van der Waals surface area contributed by atoms with Crippen molar-refractivity contribution in [1.82, 2.24) is 15.3 Å². The molecule has 5 nitrogen and oxygen atoms in total. The van der Waals surface area contributed by atoms with Crippen LogP contribution in [-0.2, 0) is 6.42 Å². The fourth-order valence-corrected chi connectivity index (χ4v) is 3.88. The Morgan fingerprint density at radius 2 is 1.93 bits per heavy atom. The van der Waals surface area contributed by atoms with Crippen molar-refractivity contribution < 1.29 is 9.53 Å². The molecule has 140 valence electrons. The molecule has 6 heteroatoms. The second-order valence-electron chi connectivity index (χ2n) is 6.21. The number of nitrogens with one attached hydrogen (secondary N) is 1. The summed E-state index contributed by atoms with van der Waals surface area (Å²) in [4.78, 5) is 21.6. The summed E-state index contributed by atoms with van der Waals surface area (Å²) >= 11 is 1.60. The molecule has 2 heterocycles. The number of fused-ring (bicyclic) bond motifs is 1. The van der Waals surface area contributed by atoms with Gasteiger partial charge in [-0.3, -0.25) is 9.78 Å². The number of aromatic nitrogens is 2. The third-order valence-corrected chi connectivity index (χ3v) is 5.36. The zero-order valence-electron chi connectivity index (χ0n) is 15.4. The van der Waals surface area contributed by atoms with E-state index >= 15 is 0 Å². The molecule has 0 bridgehead atoms. The molecule has 0 aliphatic heterocycles. The van der Waals surface area contributed by atoms with Gasteiger partial charge < -0.3 is 10.1 Å². The zero-order chi connectivity index (χ0) is 19.3. The lowest BCUT2D eigenvalue weighted by Gasteiger charge is -2.09. The van der Waals surface area contributed by atoms with Crippen LogP contribution in [0, 0.1) is 0 Å². The van der Waals surface area contributed by atoms with E-state index < -0.39 is 0 Å². The maximum absolute atomic E-state index is 12.6. The lowest BCUT2D eigenvalue weighted by atomic mass is 10.1. The van der Waals surface area contributed by atoms with E-state index in [9.17, 15) is 4.79 Å². The van der Waals surface area contributed by atoms with Gasteiger partial charge in [0.2, 0.25) is 0 Å². The van der Waals surface area contributed by atoms with Crippen LogP contribution in [0.5, 0.6) is 5.75 Å². The van der Waals surface area contributed by atoms with E-state index in [4.69, 9.17) is 4.74 Å². The number of ether oxygens (including phenoxy) is 1. The van der Waals surface area contributed by atoms with Gasteiger partial charge in [0.25, 0.3) is 5.91 Å². The summed E-state index contributed by atoms with van der Waals surface area (Å²) in [5.74, 6) is 0.531. The molecular weight excluding hydrogens is 370 g/mol. The summed E-state index contributed by atoms with van der Waals surface area (Å²) in [6, 6.07) is 17.5. The van der Waals surface area contributed by atoms with Gasteiger partial charge in [-0.2, -0.15) is 0 Å². The van der Waals surface area contributed by atoms with Crippen LogP contribution in [0.25, 0.3) is 22.0 Å². The van der Waals surface area contributed by atoms with Crippen LogP contribution < -0.4 is 10.1 Å². The molecule has 0 saturated heterocycles. The van der Waals surface area contributed by atoms with E-state index in [0.717, 1.165) is 32.8 Å². The van der Waals surface area contributed by atoms with Gasteiger partial charge in [-0.1, -0.05) is 42.5 Å². The first-order valence-electron chi connectivity index (χ1n) is 8.96. The number of hydrogen-bond acceptors (Lipinski definition) is 5. The van der Waals surface area contributed by atoms with E-state index in [1.165, 1.54) is 0 Å². The van der Waals surface area contributed by atoms with Crippen molar-refractivity contribution in [2.75, 3.05) is 13.7 Å². The second kappa shape index (κ2) is 8.19. The van der Waals surface area contributed by atoms with Crippen LogP contribution in [0.1, 0.15) is 15.5 Å². The van der Waals surface area contributed by atoms with Gasteiger partial charge in [0.15, 0.2) is 0 Å². The van der Waals surface area contributed by atoms with E-state index in [-0.39, 0.29) is 5.91 Å². The molecular formula is C22H19N3O2S. The van der Waals surface area contributed by atoms with Crippen molar-refractivity contribution >= 4 is 28.0 Å². The number of carbonyl (C=O) groups excluding carboxylic acids is 1. The highest BCUT2D eigenvalue weighted by molar-refractivity contribution is 7.09. The van der Waals surface area contributed by atoms with Gasteiger partial charge >= 0.3 is 0 Å². The molecule has 2 aromatic carbocycles. The van der Waals surface area contributed by atoms with Crippen LogP contribution >= 0.6 is 11.3 Å². The van der Waals surface area contributed by atoms with E-state index in [2.05, 4.69) is 15.3 Å². The standard InChI is InChI=1S/C22H19N3O2S/c1-27-19-9-5-8-17-16(19)10-12-23-21(17)22(26)24-13-11-20-25-18(14-28-20)15-6-3-2-4-7-15/h2-10,12,14H,11,13H2,1H3,(H,24,26). The normalized spacial score (nSPS) is 10.8. The fraction of sp³-hybridized carbons (Fsp3) is 0.136. The van der Waals surface area contributed by atoms with Crippen molar-refractivity contribution in [3.8, 4) is 17.0 Å². The molecule has 0 radical (unpaired) electrons. The molecule has 0 fully saturated rings. The molecule has 1 N–H and O–H groups in total. The Kier molecular flexibility index (Phi) is 5.30. The van der Waals surface area contributed by atoms with Crippen molar-refractivity contribution in [2.45, 2.75) is 6.42 Å². The molecule has 1 amide bonds. The Morgan fingerprint density at radius 1 is 1.07 bits per heavy atom. The average Bonchev–Trinajstić information content (AvgIpc) is 3.22. The Balaban J connectivity index is 1.43. The summed E-state index contributed by atoms with van der Waals surface area (Å²) in [5, 5.41) is 7.64. The summed E-state index contributed by atoms with van der Waals surface area (Å²) in [6.45, 7) is 0.503. The van der Waals surface area contributed by atoms with Gasteiger partial charge in [0.1, 0.15) is 11.4 Å². The number of methoxy groups -OCH3 is 1. The quantitative estimate of drug-likeness (QED) is 0.533. The smallest absolute Gasteiger partial charge is 0.270 e. The molecule has 28 heavy (non-hydrogen) atoms. The third kappa shape index (κ3) is 3.73. The van der Waals surface area contributed by atoms with Crippen LogP contribution in [0.15, 0.2) is 66.2 Å². The minimum atomic E-state index is -0.196. The van der Waals surface area contributed by atoms with Gasteiger partial charge in [-0.25, -0.2) is 4.98 Å². The Bertz CT molecular complexity index is 1110. The fourth-order valence-electron chi connectivity index (χ4n) is 3.07. The monoisotopic (exact) mass is 389 g/mol. The highest BCUT2D eigenvalue weighted by atomic mass is 32.1. The lowest BCUT2D eigenvalue weighted by molar-refractivity contribution is 0.0951. The number of carbonyl (C=O) groups is 1. The maximum Gasteiger partial charge on any atom is 0.270 e. The minimum absolute atomic E-state index is 0.196. The molecule has 0 atom stereocenters. The average molecular weight is 389 g/mol. The zero-order valence-corrected chi connectivity index (χ0v) is 16.2. The molecule has 0 aliphatic rings. The highest BCUT2D eigenvalue weighted by Crippen LogP contribution is 2.26. The van der Waals surface area contributed by atoms with Gasteiger partial charge in [-0.05, 0) is 12.1 Å². The first-order chi connectivity index (χ1) is 13.8. The summed E-state index contributed by atoms with van der Waals surface area (Å²) in [5.41, 5.74) is 2.47. The summed E-state index contributed by atoms with van der Waals surface area (Å²) in [6.07, 6.45) is 2.31. The second-order valence-corrected chi connectivity index (χ2v) is 7.16. The largest absolute Gasteiger partial charge is 0.496 e. The lowest BCUT2D eigenvalue weighted by Crippen LogP contribution is -2.26. The van der Waals surface area contributed by atoms with Crippen molar-refractivity contribution in [2.24, 2.45) is 0 Å². The molecule has 0 spiro atoms. The predicted molar refractivity (Wildman–Crippen MR) is 112 cm³/mol. The molecule has 2 aromatic heterocycles. The van der Waals surface area contributed by atoms with Crippen molar-refractivity contribution in [1.29, 1.82) is 0 Å². The van der Waals surface area contributed by atoms with E-state index in [1.54, 1.807) is 24.6 Å². The minimum Gasteiger partial charge on any atom is -0.496 e. The highest BCUT2D eigenvalue weighted by Gasteiger charge is 2.13. The Labute approximate surface area is 167 Å².